The van der Waals surface area contributed by atoms with Crippen molar-refractivity contribution in [1.29, 1.82) is 0 Å². The fraction of sp³-hybridized carbons (Fsp3) is 0.526. The number of aliphatic carboxylic acids is 1. The van der Waals surface area contributed by atoms with Crippen LogP contribution >= 0.6 is 12.4 Å². The fourth-order valence-corrected chi connectivity index (χ4v) is 3.23. The van der Waals surface area contributed by atoms with Crippen molar-refractivity contribution < 1.29 is 19.5 Å². The van der Waals surface area contributed by atoms with E-state index in [0.29, 0.717) is 37.3 Å². The molecule has 1 aromatic rings. The van der Waals surface area contributed by atoms with Crippen LogP contribution in [0.1, 0.15) is 43.5 Å². The number of carboxylic acids is 1. The van der Waals surface area contributed by atoms with Gasteiger partial charge in [0.1, 0.15) is 6.04 Å². The van der Waals surface area contributed by atoms with E-state index in [1.807, 2.05) is 13.8 Å². The highest BCUT2D eigenvalue weighted by Crippen LogP contribution is 2.17. The largest absolute Gasteiger partial charge is 0.480 e. The molecular formula is C19H28ClN3O4. The van der Waals surface area contributed by atoms with Crippen molar-refractivity contribution in [2.24, 2.45) is 0 Å². The number of likely N-dealkylation sites (tertiary alicyclic amines) is 1. The van der Waals surface area contributed by atoms with E-state index in [-0.39, 0.29) is 30.8 Å². The van der Waals surface area contributed by atoms with E-state index in [0.717, 1.165) is 12.8 Å². The van der Waals surface area contributed by atoms with Gasteiger partial charge in [-0.25, -0.2) is 0 Å². The van der Waals surface area contributed by atoms with Crippen LogP contribution in [0.2, 0.25) is 0 Å². The van der Waals surface area contributed by atoms with Gasteiger partial charge in [0.2, 0.25) is 5.91 Å². The lowest BCUT2D eigenvalue weighted by Crippen LogP contribution is -2.47. The summed E-state index contributed by atoms with van der Waals surface area (Å²) in [6, 6.07) is 6.18. The SMILES string of the molecule is CCN(CC)C(=O)c1ccc(NC(=O)CN2CCCCC2C(=O)O)cc1.Cl. The minimum Gasteiger partial charge on any atom is -0.480 e. The van der Waals surface area contributed by atoms with Crippen LogP contribution in [0.3, 0.4) is 0 Å². The number of amides is 2. The fourth-order valence-electron chi connectivity index (χ4n) is 3.23. The molecular weight excluding hydrogens is 370 g/mol. The highest BCUT2D eigenvalue weighted by atomic mass is 35.5. The summed E-state index contributed by atoms with van der Waals surface area (Å²) >= 11 is 0. The first-order valence-electron chi connectivity index (χ1n) is 9.12. The molecule has 8 heteroatoms. The summed E-state index contributed by atoms with van der Waals surface area (Å²) in [7, 11) is 0. The normalized spacial score (nSPS) is 16.9. The second kappa shape index (κ2) is 10.9. The van der Waals surface area contributed by atoms with Crippen molar-refractivity contribution in [3.8, 4) is 0 Å². The summed E-state index contributed by atoms with van der Waals surface area (Å²) in [5.74, 6) is -1.16. The number of hydrogen-bond donors (Lipinski definition) is 2. The zero-order chi connectivity index (χ0) is 19.1. The molecule has 2 rings (SSSR count). The maximum Gasteiger partial charge on any atom is 0.320 e. The third-order valence-corrected chi connectivity index (χ3v) is 4.71. The lowest BCUT2D eigenvalue weighted by atomic mass is 10.0. The van der Waals surface area contributed by atoms with E-state index < -0.39 is 12.0 Å². The van der Waals surface area contributed by atoms with Crippen LogP contribution in [0.15, 0.2) is 24.3 Å². The van der Waals surface area contributed by atoms with Crippen LogP contribution < -0.4 is 5.32 Å². The first kappa shape index (κ1) is 22.9. The van der Waals surface area contributed by atoms with E-state index in [9.17, 15) is 19.5 Å². The Hall–Kier alpha value is -2.12. The van der Waals surface area contributed by atoms with Gasteiger partial charge < -0.3 is 15.3 Å². The van der Waals surface area contributed by atoms with Crippen molar-refractivity contribution in [2.45, 2.75) is 39.2 Å². The summed E-state index contributed by atoms with van der Waals surface area (Å²) in [6.45, 7) is 5.82. The number of anilines is 1. The molecule has 0 aromatic heterocycles. The van der Waals surface area contributed by atoms with Crippen molar-refractivity contribution in [1.82, 2.24) is 9.80 Å². The second-order valence-electron chi connectivity index (χ2n) is 6.42. The Balaban J connectivity index is 0.00000364. The number of halogens is 1. The molecule has 0 aliphatic carbocycles. The highest BCUT2D eigenvalue weighted by molar-refractivity contribution is 5.96. The number of rotatable bonds is 7. The lowest BCUT2D eigenvalue weighted by Gasteiger charge is -2.32. The molecule has 150 valence electrons. The second-order valence-corrected chi connectivity index (χ2v) is 6.42. The van der Waals surface area contributed by atoms with Gasteiger partial charge in [-0.05, 0) is 57.5 Å². The van der Waals surface area contributed by atoms with Crippen LogP contribution in [-0.2, 0) is 9.59 Å². The molecule has 0 radical (unpaired) electrons. The molecule has 1 aliphatic rings. The zero-order valence-corrected chi connectivity index (χ0v) is 16.6. The first-order valence-corrected chi connectivity index (χ1v) is 9.12. The molecule has 2 N–H and O–H groups in total. The van der Waals surface area contributed by atoms with Crippen LogP contribution in [0.5, 0.6) is 0 Å². The van der Waals surface area contributed by atoms with Crippen LogP contribution in [0.4, 0.5) is 5.69 Å². The van der Waals surface area contributed by atoms with Crippen molar-refractivity contribution in [3.05, 3.63) is 29.8 Å². The minimum absolute atomic E-state index is 0. The van der Waals surface area contributed by atoms with Crippen LogP contribution in [0, 0.1) is 0 Å². The van der Waals surface area contributed by atoms with Crippen molar-refractivity contribution >= 4 is 35.9 Å². The van der Waals surface area contributed by atoms with Crippen LogP contribution in [-0.4, -0.2) is 64.9 Å². The molecule has 1 heterocycles. The van der Waals surface area contributed by atoms with E-state index in [2.05, 4.69) is 5.32 Å². The molecule has 7 nitrogen and oxygen atoms in total. The molecule has 1 fully saturated rings. The van der Waals surface area contributed by atoms with Gasteiger partial charge in [0.05, 0.1) is 6.54 Å². The Bertz CT molecular complexity index is 647. The van der Waals surface area contributed by atoms with E-state index in [4.69, 9.17) is 0 Å². The Morgan fingerprint density at radius 2 is 1.78 bits per heavy atom. The van der Waals surface area contributed by atoms with E-state index >= 15 is 0 Å². The predicted molar refractivity (Wildman–Crippen MR) is 106 cm³/mol. The van der Waals surface area contributed by atoms with Gasteiger partial charge in [0, 0.05) is 24.3 Å². The van der Waals surface area contributed by atoms with Gasteiger partial charge in [-0.3, -0.25) is 19.3 Å². The maximum atomic E-state index is 12.3. The predicted octanol–water partition coefficient (Wildman–Crippen LogP) is 2.47. The van der Waals surface area contributed by atoms with Gasteiger partial charge in [-0.15, -0.1) is 12.4 Å². The van der Waals surface area contributed by atoms with Crippen LogP contribution in [0.25, 0.3) is 0 Å². The van der Waals surface area contributed by atoms with Gasteiger partial charge in [-0.2, -0.15) is 0 Å². The average molecular weight is 398 g/mol. The minimum atomic E-state index is -0.878. The lowest BCUT2D eigenvalue weighted by molar-refractivity contribution is -0.145. The number of nitrogens with one attached hydrogen (secondary N) is 1. The standard InChI is InChI=1S/C19H27N3O4.ClH/c1-3-21(4-2)18(24)14-8-10-15(11-9-14)20-17(23)13-22-12-6-5-7-16(22)19(25)26;/h8-11,16H,3-7,12-13H2,1-2H3,(H,20,23)(H,25,26);1H. The highest BCUT2D eigenvalue weighted by Gasteiger charge is 2.29. The van der Waals surface area contributed by atoms with Gasteiger partial charge in [0.15, 0.2) is 0 Å². The molecule has 1 unspecified atom stereocenters. The summed E-state index contributed by atoms with van der Waals surface area (Å²) in [6.07, 6.45) is 2.35. The third-order valence-electron chi connectivity index (χ3n) is 4.71. The topological polar surface area (TPSA) is 90.0 Å². The molecule has 2 amide bonds. The monoisotopic (exact) mass is 397 g/mol. The first-order chi connectivity index (χ1) is 12.5. The number of carbonyl (C=O) groups is 3. The third kappa shape index (κ3) is 6.22. The molecule has 1 atom stereocenters. The number of carbonyl (C=O) groups excluding carboxylic acids is 2. The smallest absolute Gasteiger partial charge is 0.320 e. The summed E-state index contributed by atoms with van der Waals surface area (Å²) in [4.78, 5) is 39.3. The van der Waals surface area contributed by atoms with Gasteiger partial charge >= 0.3 is 5.97 Å². The Morgan fingerprint density at radius 1 is 1.15 bits per heavy atom. The molecule has 1 saturated heterocycles. The van der Waals surface area contributed by atoms with E-state index in [1.54, 1.807) is 34.1 Å². The summed E-state index contributed by atoms with van der Waals surface area (Å²) in [5, 5.41) is 12.0. The molecule has 1 aliphatic heterocycles. The Morgan fingerprint density at radius 3 is 2.33 bits per heavy atom. The molecule has 0 bridgehead atoms. The number of hydrogen-bond acceptors (Lipinski definition) is 4. The number of piperidine rings is 1. The Labute approximate surface area is 166 Å². The summed E-state index contributed by atoms with van der Waals surface area (Å²) in [5.41, 5.74) is 1.17. The molecule has 0 saturated carbocycles. The molecule has 1 aromatic carbocycles. The Kier molecular flexibility index (Phi) is 9.25. The maximum absolute atomic E-state index is 12.3. The average Bonchev–Trinajstić information content (AvgIpc) is 2.63. The molecule has 0 spiro atoms. The van der Waals surface area contributed by atoms with Crippen molar-refractivity contribution in [3.63, 3.8) is 0 Å². The number of carboxylic acid groups (broad SMARTS) is 1. The zero-order valence-electron chi connectivity index (χ0n) is 15.8. The quantitative estimate of drug-likeness (QED) is 0.737. The van der Waals surface area contributed by atoms with Crippen molar-refractivity contribution in [2.75, 3.05) is 31.5 Å². The number of nitrogens with zero attached hydrogens (tertiary/aromatic N) is 2. The molecule has 27 heavy (non-hydrogen) atoms. The van der Waals surface area contributed by atoms with Gasteiger partial charge in [-0.1, -0.05) is 6.42 Å². The summed E-state index contributed by atoms with van der Waals surface area (Å²) < 4.78 is 0. The van der Waals surface area contributed by atoms with Gasteiger partial charge in [0.25, 0.3) is 5.91 Å². The van der Waals surface area contributed by atoms with E-state index in [1.165, 1.54) is 0 Å². The number of benzene rings is 1.